The zero-order chi connectivity index (χ0) is 15.6. The van der Waals surface area contributed by atoms with Crippen LogP contribution in [0.3, 0.4) is 0 Å². The Kier molecular flexibility index (Phi) is 4.71. The van der Waals surface area contributed by atoms with E-state index in [-0.39, 0.29) is 18.1 Å². The molecule has 0 N–H and O–H groups in total. The third-order valence-corrected chi connectivity index (χ3v) is 4.86. The summed E-state index contributed by atoms with van der Waals surface area (Å²) >= 11 is 0. The van der Waals surface area contributed by atoms with E-state index < -0.39 is 9.84 Å². The molecular weight excluding hydrogens is 286 g/mol. The van der Waals surface area contributed by atoms with Gasteiger partial charge in [-0.1, -0.05) is 18.2 Å². The minimum Gasteiger partial charge on any atom is -0.335 e. The van der Waals surface area contributed by atoms with Crippen molar-refractivity contribution in [1.29, 1.82) is 0 Å². The van der Waals surface area contributed by atoms with Gasteiger partial charge in [0.1, 0.15) is 9.84 Å². The minimum absolute atomic E-state index is 0.0545. The smallest absolute Gasteiger partial charge is 0.224 e. The molecular formula is C16H23NO3S. The van der Waals surface area contributed by atoms with Crippen molar-refractivity contribution in [2.45, 2.75) is 45.7 Å². The standard InChI is InChI=1S/C16H23NO3S/c1-12-4-5-14(10-13(12)2)11-17(15-6-7-15)16(18)8-9-21(3,19)20/h4-5,10,15H,6-9,11H2,1-3H3. The van der Waals surface area contributed by atoms with E-state index in [4.69, 9.17) is 0 Å². The third kappa shape index (κ3) is 4.84. The van der Waals surface area contributed by atoms with Gasteiger partial charge >= 0.3 is 0 Å². The first-order valence-corrected chi connectivity index (χ1v) is 9.35. The average molecular weight is 309 g/mol. The molecule has 0 atom stereocenters. The zero-order valence-electron chi connectivity index (χ0n) is 12.9. The molecule has 0 heterocycles. The van der Waals surface area contributed by atoms with Crippen LogP contribution >= 0.6 is 0 Å². The summed E-state index contributed by atoms with van der Waals surface area (Å²) in [6.45, 7) is 4.70. The Morgan fingerprint density at radius 1 is 1.24 bits per heavy atom. The van der Waals surface area contributed by atoms with Crippen LogP contribution in [-0.2, 0) is 21.2 Å². The maximum Gasteiger partial charge on any atom is 0.224 e. The molecule has 2 rings (SSSR count). The maximum absolute atomic E-state index is 12.3. The highest BCUT2D eigenvalue weighted by atomic mass is 32.2. The second-order valence-corrected chi connectivity index (χ2v) is 8.31. The molecule has 1 fully saturated rings. The van der Waals surface area contributed by atoms with Crippen molar-refractivity contribution in [1.82, 2.24) is 4.90 Å². The monoisotopic (exact) mass is 309 g/mol. The first-order chi connectivity index (χ1) is 9.76. The predicted molar refractivity (Wildman–Crippen MR) is 83.8 cm³/mol. The number of carbonyl (C=O) groups excluding carboxylic acids is 1. The van der Waals surface area contributed by atoms with E-state index in [1.165, 1.54) is 17.4 Å². The molecule has 21 heavy (non-hydrogen) atoms. The van der Waals surface area contributed by atoms with Gasteiger partial charge in [0.05, 0.1) is 5.75 Å². The normalized spacial score (nSPS) is 15.0. The second kappa shape index (κ2) is 6.18. The van der Waals surface area contributed by atoms with Crippen molar-refractivity contribution < 1.29 is 13.2 Å². The molecule has 0 unspecified atom stereocenters. The molecule has 1 aromatic carbocycles. The number of aryl methyl sites for hydroxylation is 2. The molecule has 1 aromatic rings. The average Bonchev–Trinajstić information content (AvgIpc) is 3.20. The van der Waals surface area contributed by atoms with Crippen LogP contribution in [0.1, 0.15) is 36.0 Å². The van der Waals surface area contributed by atoms with Crippen molar-refractivity contribution >= 4 is 15.7 Å². The number of benzene rings is 1. The Hall–Kier alpha value is -1.36. The van der Waals surface area contributed by atoms with Crippen LogP contribution in [0.2, 0.25) is 0 Å². The third-order valence-electron chi connectivity index (χ3n) is 3.92. The fraction of sp³-hybridized carbons (Fsp3) is 0.562. The molecule has 0 spiro atoms. The Morgan fingerprint density at radius 2 is 1.90 bits per heavy atom. The number of carbonyl (C=O) groups is 1. The summed E-state index contributed by atoms with van der Waals surface area (Å²) in [5.41, 5.74) is 3.56. The predicted octanol–water partition coefficient (Wildman–Crippen LogP) is 2.23. The van der Waals surface area contributed by atoms with Gasteiger partial charge in [0, 0.05) is 25.3 Å². The van der Waals surface area contributed by atoms with Crippen LogP contribution < -0.4 is 0 Å². The van der Waals surface area contributed by atoms with Crippen molar-refractivity contribution in [3.05, 3.63) is 34.9 Å². The van der Waals surface area contributed by atoms with Gasteiger partial charge in [-0.15, -0.1) is 0 Å². The SMILES string of the molecule is Cc1ccc(CN(C(=O)CCS(C)(=O)=O)C2CC2)cc1C. The molecule has 1 amide bonds. The summed E-state index contributed by atoms with van der Waals surface area (Å²) < 4.78 is 22.4. The summed E-state index contributed by atoms with van der Waals surface area (Å²) in [6, 6.07) is 6.51. The molecule has 1 saturated carbocycles. The molecule has 0 aromatic heterocycles. The van der Waals surface area contributed by atoms with Crippen molar-refractivity contribution in [3.8, 4) is 0 Å². The number of rotatable bonds is 6. The number of sulfone groups is 1. The Balaban J connectivity index is 2.05. The lowest BCUT2D eigenvalue weighted by molar-refractivity contribution is -0.132. The molecule has 116 valence electrons. The molecule has 4 nitrogen and oxygen atoms in total. The van der Waals surface area contributed by atoms with Crippen LogP contribution in [0.25, 0.3) is 0 Å². The molecule has 0 saturated heterocycles. The fourth-order valence-electron chi connectivity index (χ4n) is 2.32. The van der Waals surface area contributed by atoms with Gasteiger partial charge in [0.25, 0.3) is 0 Å². The van der Waals surface area contributed by atoms with E-state index in [0.717, 1.165) is 18.4 Å². The van der Waals surface area contributed by atoms with Crippen molar-refractivity contribution in [2.24, 2.45) is 0 Å². The van der Waals surface area contributed by atoms with E-state index in [1.54, 1.807) is 0 Å². The van der Waals surface area contributed by atoms with Crippen molar-refractivity contribution in [2.75, 3.05) is 12.0 Å². The van der Waals surface area contributed by atoms with Crippen LogP contribution in [-0.4, -0.2) is 37.3 Å². The summed E-state index contributed by atoms with van der Waals surface area (Å²) in [5.74, 6) is -0.122. The second-order valence-electron chi connectivity index (χ2n) is 6.05. The topological polar surface area (TPSA) is 54.5 Å². The molecule has 1 aliphatic rings. The first-order valence-electron chi connectivity index (χ1n) is 7.29. The van der Waals surface area contributed by atoms with Gasteiger partial charge < -0.3 is 4.90 Å². The lowest BCUT2D eigenvalue weighted by Gasteiger charge is -2.23. The first kappa shape index (κ1) is 16.0. The Labute approximate surface area is 127 Å². The van der Waals surface area contributed by atoms with Gasteiger partial charge in [-0.25, -0.2) is 8.42 Å². The molecule has 0 bridgehead atoms. The molecule has 0 radical (unpaired) electrons. The molecule has 1 aliphatic carbocycles. The number of nitrogens with zero attached hydrogens (tertiary/aromatic N) is 1. The summed E-state index contributed by atoms with van der Waals surface area (Å²) in [7, 11) is -3.09. The summed E-state index contributed by atoms with van der Waals surface area (Å²) in [6.07, 6.45) is 3.30. The Bertz CT molecular complexity index is 633. The van der Waals surface area contributed by atoms with Crippen LogP contribution in [0.4, 0.5) is 0 Å². The van der Waals surface area contributed by atoms with Gasteiger partial charge in [-0.05, 0) is 43.4 Å². The van der Waals surface area contributed by atoms with Gasteiger partial charge in [-0.3, -0.25) is 4.79 Å². The highest BCUT2D eigenvalue weighted by molar-refractivity contribution is 7.90. The van der Waals surface area contributed by atoms with E-state index in [0.29, 0.717) is 12.6 Å². The van der Waals surface area contributed by atoms with Gasteiger partial charge in [-0.2, -0.15) is 0 Å². The van der Waals surface area contributed by atoms with E-state index in [9.17, 15) is 13.2 Å². The largest absolute Gasteiger partial charge is 0.335 e. The fourth-order valence-corrected chi connectivity index (χ4v) is 2.87. The molecule has 0 aliphatic heterocycles. The summed E-state index contributed by atoms with van der Waals surface area (Å²) in [4.78, 5) is 14.1. The number of hydrogen-bond acceptors (Lipinski definition) is 3. The van der Waals surface area contributed by atoms with Crippen LogP contribution in [0, 0.1) is 13.8 Å². The molecule has 5 heteroatoms. The van der Waals surface area contributed by atoms with Gasteiger partial charge in [0.15, 0.2) is 0 Å². The number of hydrogen-bond donors (Lipinski definition) is 0. The summed E-state index contributed by atoms with van der Waals surface area (Å²) in [5, 5.41) is 0. The van der Waals surface area contributed by atoms with E-state index in [2.05, 4.69) is 26.0 Å². The quantitative estimate of drug-likeness (QED) is 0.809. The highest BCUT2D eigenvalue weighted by Gasteiger charge is 2.32. The Morgan fingerprint density at radius 3 is 2.43 bits per heavy atom. The zero-order valence-corrected chi connectivity index (χ0v) is 13.7. The highest BCUT2D eigenvalue weighted by Crippen LogP contribution is 2.29. The minimum atomic E-state index is -3.09. The van der Waals surface area contributed by atoms with Crippen LogP contribution in [0.15, 0.2) is 18.2 Å². The van der Waals surface area contributed by atoms with E-state index in [1.807, 2.05) is 11.0 Å². The lowest BCUT2D eigenvalue weighted by Crippen LogP contribution is -2.33. The number of amides is 1. The maximum atomic E-state index is 12.3. The van der Waals surface area contributed by atoms with E-state index >= 15 is 0 Å². The van der Waals surface area contributed by atoms with Gasteiger partial charge in [0.2, 0.25) is 5.91 Å². The van der Waals surface area contributed by atoms with Crippen LogP contribution in [0.5, 0.6) is 0 Å². The lowest BCUT2D eigenvalue weighted by atomic mass is 10.1. The van der Waals surface area contributed by atoms with Crippen molar-refractivity contribution in [3.63, 3.8) is 0 Å².